The Balaban J connectivity index is 2.27. The molecule has 1 aliphatic heterocycles. The second-order valence-corrected chi connectivity index (χ2v) is 5.82. The maximum Gasteiger partial charge on any atom is 0.0656 e. The second-order valence-electron chi connectivity index (χ2n) is 5.41. The lowest BCUT2D eigenvalue weighted by molar-refractivity contribution is 0.372. The zero-order valence-electron chi connectivity index (χ0n) is 11.4. The topological polar surface area (TPSA) is 32.5 Å². The average molecular weight is 268 g/mol. The maximum atomic E-state index is 6.16. The van der Waals surface area contributed by atoms with E-state index in [2.05, 4.69) is 30.8 Å². The molecule has 1 atom stereocenters. The van der Waals surface area contributed by atoms with E-state index in [1.165, 1.54) is 24.1 Å². The molecule has 1 aromatic carbocycles. The number of nitrogens with two attached hydrogens (primary N) is 1. The van der Waals surface area contributed by atoms with Crippen LogP contribution in [-0.4, -0.2) is 38.1 Å². The Morgan fingerprint density at radius 1 is 1.44 bits per heavy atom. The molecule has 2 rings (SSSR count). The summed E-state index contributed by atoms with van der Waals surface area (Å²) in [5.74, 6) is 0. The standard InChI is InChI=1S/C14H22ClN3/c1-10-7-13(16)12(15)8-14(10)18-6-4-5-11(18)9-17(2)3/h7-8,11H,4-6,9,16H2,1-3H3. The lowest BCUT2D eigenvalue weighted by atomic mass is 10.1. The highest BCUT2D eigenvalue weighted by molar-refractivity contribution is 6.33. The van der Waals surface area contributed by atoms with Crippen LogP contribution in [-0.2, 0) is 0 Å². The first-order chi connectivity index (χ1) is 8.49. The summed E-state index contributed by atoms with van der Waals surface area (Å²) >= 11 is 6.16. The monoisotopic (exact) mass is 267 g/mol. The van der Waals surface area contributed by atoms with E-state index in [-0.39, 0.29) is 0 Å². The van der Waals surface area contributed by atoms with Crippen LogP contribution in [0.5, 0.6) is 0 Å². The summed E-state index contributed by atoms with van der Waals surface area (Å²) in [5.41, 5.74) is 8.96. The van der Waals surface area contributed by atoms with Crippen LogP contribution >= 0.6 is 11.6 Å². The fourth-order valence-electron chi connectivity index (χ4n) is 2.77. The van der Waals surface area contributed by atoms with Crippen LogP contribution in [0.2, 0.25) is 5.02 Å². The quantitative estimate of drug-likeness (QED) is 0.855. The number of nitrogens with zero attached hydrogens (tertiary/aromatic N) is 2. The Bertz CT molecular complexity index is 431. The molecule has 0 aromatic heterocycles. The zero-order valence-corrected chi connectivity index (χ0v) is 12.2. The van der Waals surface area contributed by atoms with Gasteiger partial charge in [0.2, 0.25) is 0 Å². The molecule has 1 aliphatic rings. The van der Waals surface area contributed by atoms with Gasteiger partial charge in [0, 0.05) is 24.8 Å². The number of nitrogen functional groups attached to an aromatic ring is 1. The van der Waals surface area contributed by atoms with E-state index < -0.39 is 0 Å². The van der Waals surface area contributed by atoms with Crippen molar-refractivity contribution in [2.24, 2.45) is 0 Å². The third-order valence-electron chi connectivity index (χ3n) is 3.58. The minimum absolute atomic E-state index is 0.582. The number of benzene rings is 1. The molecule has 0 amide bonds. The molecule has 4 heteroatoms. The van der Waals surface area contributed by atoms with Crippen molar-refractivity contribution in [2.45, 2.75) is 25.8 Å². The van der Waals surface area contributed by atoms with E-state index in [4.69, 9.17) is 17.3 Å². The van der Waals surface area contributed by atoms with Crippen LogP contribution in [0.4, 0.5) is 11.4 Å². The van der Waals surface area contributed by atoms with Crippen molar-refractivity contribution in [3.05, 3.63) is 22.7 Å². The fraction of sp³-hybridized carbons (Fsp3) is 0.571. The maximum absolute atomic E-state index is 6.16. The van der Waals surface area contributed by atoms with Crippen LogP contribution in [0, 0.1) is 6.92 Å². The summed E-state index contributed by atoms with van der Waals surface area (Å²) < 4.78 is 0. The number of hydrogen-bond donors (Lipinski definition) is 1. The molecule has 1 saturated heterocycles. The third kappa shape index (κ3) is 2.73. The summed E-state index contributed by atoms with van der Waals surface area (Å²) in [6, 6.07) is 4.57. The van der Waals surface area contributed by atoms with Gasteiger partial charge in [0.25, 0.3) is 0 Å². The van der Waals surface area contributed by atoms with Gasteiger partial charge in [0.1, 0.15) is 0 Å². The van der Waals surface area contributed by atoms with Gasteiger partial charge in [0.05, 0.1) is 10.7 Å². The van der Waals surface area contributed by atoms with E-state index >= 15 is 0 Å². The summed E-state index contributed by atoms with van der Waals surface area (Å²) in [4.78, 5) is 4.72. The molecule has 0 spiro atoms. The van der Waals surface area contributed by atoms with Crippen molar-refractivity contribution in [3.63, 3.8) is 0 Å². The number of halogens is 1. The highest BCUT2D eigenvalue weighted by Crippen LogP contribution is 2.33. The first kappa shape index (κ1) is 13.5. The lowest BCUT2D eigenvalue weighted by Gasteiger charge is -2.30. The molecule has 1 heterocycles. The Labute approximate surface area is 115 Å². The van der Waals surface area contributed by atoms with Gasteiger partial charge >= 0.3 is 0 Å². The number of rotatable bonds is 3. The van der Waals surface area contributed by atoms with Gasteiger partial charge in [-0.15, -0.1) is 0 Å². The van der Waals surface area contributed by atoms with Crippen LogP contribution in [0.1, 0.15) is 18.4 Å². The van der Waals surface area contributed by atoms with E-state index in [0.717, 1.165) is 13.1 Å². The van der Waals surface area contributed by atoms with E-state index in [9.17, 15) is 0 Å². The van der Waals surface area contributed by atoms with Crippen molar-refractivity contribution >= 4 is 23.0 Å². The molecular formula is C14H22ClN3. The van der Waals surface area contributed by atoms with Gasteiger partial charge in [0.15, 0.2) is 0 Å². The molecular weight excluding hydrogens is 246 g/mol. The molecule has 18 heavy (non-hydrogen) atoms. The van der Waals surface area contributed by atoms with Crippen molar-refractivity contribution < 1.29 is 0 Å². The molecule has 1 aromatic rings. The summed E-state index contributed by atoms with van der Waals surface area (Å²) in [6.07, 6.45) is 2.50. The Morgan fingerprint density at radius 2 is 2.17 bits per heavy atom. The molecule has 1 unspecified atom stereocenters. The highest BCUT2D eigenvalue weighted by atomic mass is 35.5. The zero-order chi connectivity index (χ0) is 13.3. The van der Waals surface area contributed by atoms with Crippen molar-refractivity contribution in [3.8, 4) is 0 Å². The SMILES string of the molecule is Cc1cc(N)c(Cl)cc1N1CCCC1CN(C)C. The summed E-state index contributed by atoms with van der Waals surface area (Å²) in [5, 5.41) is 0.658. The van der Waals surface area contributed by atoms with E-state index in [0.29, 0.717) is 16.8 Å². The number of anilines is 2. The highest BCUT2D eigenvalue weighted by Gasteiger charge is 2.26. The minimum Gasteiger partial charge on any atom is -0.398 e. The van der Waals surface area contributed by atoms with Gasteiger partial charge < -0.3 is 15.5 Å². The Morgan fingerprint density at radius 3 is 2.83 bits per heavy atom. The van der Waals surface area contributed by atoms with Crippen molar-refractivity contribution in [2.75, 3.05) is 37.8 Å². The van der Waals surface area contributed by atoms with E-state index in [1.54, 1.807) is 0 Å². The van der Waals surface area contributed by atoms with Crippen LogP contribution < -0.4 is 10.6 Å². The molecule has 100 valence electrons. The van der Waals surface area contributed by atoms with Crippen molar-refractivity contribution in [1.82, 2.24) is 4.90 Å². The van der Waals surface area contributed by atoms with Crippen LogP contribution in [0.3, 0.4) is 0 Å². The summed E-state index contributed by atoms with van der Waals surface area (Å²) in [7, 11) is 4.25. The third-order valence-corrected chi connectivity index (χ3v) is 3.91. The molecule has 0 bridgehead atoms. The molecule has 1 fully saturated rings. The predicted octanol–water partition coefficient (Wildman–Crippen LogP) is 2.76. The van der Waals surface area contributed by atoms with Gasteiger partial charge in [-0.05, 0) is 51.6 Å². The largest absolute Gasteiger partial charge is 0.398 e. The lowest BCUT2D eigenvalue weighted by Crippen LogP contribution is -2.37. The predicted molar refractivity (Wildman–Crippen MR) is 79.5 cm³/mol. The minimum atomic E-state index is 0.582. The van der Waals surface area contributed by atoms with E-state index in [1.807, 2.05) is 12.1 Å². The molecule has 0 radical (unpaired) electrons. The van der Waals surface area contributed by atoms with Gasteiger partial charge in [-0.1, -0.05) is 11.6 Å². The van der Waals surface area contributed by atoms with Crippen molar-refractivity contribution in [1.29, 1.82) is 0 Å². The molecule has 2 N–H and O–H groups in total. The average Bonchev–Trinajstić information content (AvgIpc) is 2.70. The first-order valence-corrected chi connectivity index (χ1v) is 6.84. The van der Waals surface area contributed by atoms with Gasteiger partial charge in [-0.25, -0.2) is 0 Å². The molecule has 0 saturated carbocycles. The molecule has 0 aliphatic carbocycles. The Hall–Kier alpha value is -0.930. The van der Waals surface area contributed by atoms with Crippen LogP contribution in [0.15, 0.2) is 12.1 Å². The number of likely N-dealkylation sites (N-methyl/N-ethyl adjacent to an activating group) is 1. The summed E-state index contributed by atoms with van der Waals surface area (Å²) in [6.45, 7) is 4.30. The van der Waals surface area contributed by atoms with Gasteiger partial charge in [-0.2, -0.15) is 0 Å². The number of aryl methyl sites for hydroxylation is 1. The normalized spacial score (nSPS) is 19.8. The molecule has 3 nitrogen and oxygen atoms in total. The fourth-order valence-corrected chi connectivity index (χ4v) is 2.92. The second kappa shape index (κ2) is 5.37. The first-order valence-electron chi connectivity index (χ1n) is 6.46. The van der Waals surface area contributed by atoms with Crippen LogP contribution in [0.25, 0.3) is 0 Å². The Kier molecular flexibility index (Phi) is 4.03. The van der Waals surface area contributed by atoms with Gasteiger partial charge in [-0.3, -0.25) is 0 Å². The number of hydrogen-bond acceptors (Lipinski definition) is 3. The smallest absolute Gasteiger partial charge is 0.0656 e.